The van der Waals surface area contributed by atoms with Crippen molar-refractivity contribution in [3.8, 4) is 11.4 Å². The molecular weight excluding hydrogens is 248 g/mol. The van der Waals surface area contributed by atoms with Crippen molar-refractivity contribution in [3.05, 3.63) is 42.2 Å². The van der Waals surface area contributed by atoms with Gasteiger partial charge in [0.05, 0.1) is 0 Å². The van der Waals surface area contributed by atoms with Crippen LogP contribution in [0.5, 0.6) is 0 Å². The second-order valence-corrected chi connectivity index (χ2v) is 5.78. The molecule has 1 saturated carbocycles. The largest absolute Gasteiger partial charge is 0.381 e. The first-order chi connectivity index (χ1) is 9.81. The zero-order chi connectivity index (χ0) is 13.5. The Labute approximate surface area is 118 Å². The second-order valence-electron chi connectivity index (χ2n) is 5.78. The van der Waals surface area contributed by atoms with Gasteiger partial charge in [-0.1, -0.05) is 24.3 Å². The van der Waals surface area contributed by atoms with Gasteiger partial charge in [-0.15, -0.1) is 0 Å². The summed E-state index contributed by atoms with van der Waals surface area (Å²) in [7, 11) is 0. The van der Waals surface area contributed by atoms with E-state index in [2.05, 4.69) is 50.8 Å². The van der Waals surface area contributed by atoms with Gasteiger partial charge < -0.3 is 5.32 Å². The third-order valence-corrected chi connectivity index (χ3v) is 4.47. The highest BCUT2D eigenvalue weighted by atomic mass is 15.2. The summed E-state index contributed by atoms with van der Waals surface area (Å²) in [5.74, 6) is 3.18. The molecule has 0 radical (unpaired) electrons. The molecule has 1 aromatic heterocycles. The van der Waals surface area contributed by atoms with Crippen LogP contribution in [0.15, 0.2) is 36.4 Å². The average molecular weight is 266 g/mol. The van der Waals surface area contributed by atoms with E-state index in [9.17, 15) is 0 Å². The van der Waals surface area contributed by atoms with Crippen LogP contribution < -0.4 is 5.32 Å². The molecule has 1 heterocycles. The van der Waals surface area contributed by atoms with E-state index in [-0.39, 0.29) is 0 Å². The highest BCUT2D eigenvalue weighted by molar-refractivity contribution is 5.73. The maximum atomic E-state index is 4.44. The van der Waals surface area contributed by atoms with Gasteiger partial charge in [0.1, 0.15) is 5.82 Å². The number of nitrogens with one attached hydrogen (secondary N) is 2. The molecule has 0 amide bonds. The molecule has 2 aliphatic rings. The Hall–Kier alpha value is -2.10. The quantitative estimate of drug-likeness (QED) is 0.839. The Kier molecular flexibility index (Phi) is 2.62. The first kappa shape index (κ1) is 11.7. The van der Waals surface area contributed by atoms with Crippen LogP contribution in [0.4, 0.5) is 5.69 Å². The average Bonchev–Trinajstić information content (AvgIpc) is 3.03. The van der Waals surface area contributed by atoms with E-state index in [0.29, 0.717) is 12.0 Å². The van der Waals surface area contributed by atoms with Crippen molar-refractivity contribution in [2.45, 2.75) is 25.8 Å². The van der Waals surface area contributed by atoms with Crippen LogP contribution in [0.1, 0.15) is 18.7 Å². The van der Waals surface area contributed by atoms with Gasteiger partial charge in [0.25, 0.3) is 0 Å². The Balaban J connectivity index is 1.60. The van der Waals surface area contributed by atoms with Crippen LogP contribution in [-0.4, -0.2) is 21.2 Å². The molecule has 4 nitrogen and oxygen atoms in total. The lowest BCUT2D eigenvalue weighted by Crippen LogP contribution is -2.43. The van der Waals surface area contributed by atoms with Gasteiger partial charge in [-0.25, -0.2) is 4.98 Å². The minimum atomic E-state index is 0.555. The molecule has 0 spiro atoms. The molecule has 1 aromatic carbocycles. The number of hydrogen-bond donors (Lipinski definition) is 2. The molecule has 2 aliphatic carbocycles. The summed E-state index contributed by atoms with van der Waals surface area (Å²) >= 11 is 0. The van der Waals surface area contributed by atoms with Crippen LogP contribution in [0.3, 0.4) is 0 Å². The molecule has 4 heteroatoms. The smallest absolute Gasteiger partial charge is 0.183 e. The number of nitrogens with zero attached hydrogens (tertiary/aromatic N) is 2. The first-order valence-corrected chi connectivity index (χ1v) is 7.23. The molecule has 4 rings (SSSR count). The third-order valence-electron chi connectivity index (χ3n) is 4.47. The Morgan fingerprint density at radius 1 is 1.30 bits per heavy atom. The number of H-pyrrole nitrogens is 1. The SMILES string of the molecule is Cc1nc(-c2ccccc2NC2CC3CC=CC32)n[nH]1. The molecular formula is C16H18N4. The van der Waals surface area contributed by atoms with Crippen molar-refractivity contribution in [1.29, 1.82) is 0 Å². The Morgan fingerprint density at radius 3 is 3.00 bits per heavy atom. The number of anilines is 1. The monoisotopic (exact) mass is 266 g/mol. The van der Waals surface area contributed by atoms with Crippen LogP contribution in [0.25, 0.3) is 11.4 Å². The lowest BCUT2D eigenvalue weighted by molar-refractivity contribution is 0.218. The van der Waals surface area contributed by atoms with Gasteiger partial charge in [0, 0.05) is 23.2 Å². The number of aryl methyl sites for hydroxylation is 1. The van der Waals surface area contributed by atoms with E-state index in [1.165, 1.54) is 12.8 Å². The summed E-state index contributed by atoms with van der Waals surface area (Å²) in [5.41, 5.74) is 2.21. The summed E-state index contributed by atoms with van der Waals surface area (Å²) in [6, 6.07) is 8.84. The van der Waals surface area contributed by atoms with E-state index in [1.54, 1.807) is 0 Å². The van der Waals surface area contributed by atoms with Crippen LogP contribution in [-0.2, 0) is 0 Å². The highest BCUT2D eigenvalue weighted by Crippen LogP contribution is 2.44. The fourth-order valence-electron chi connectivity index (χ4n) is 3.35. The summed E-state index contributed by atoms with van der Waals surface area (Å²) in [5, 5.41) is 10.9. The van der Waals surface area contributed by atoms with Crippen LogP contribution in [0.2, 0.25) is 0 Å². The van der Waals surface area contributed by atoms with Gasteiger partial charge in [-0.2, -0.15) is 5.10 Å². The number of fused-ring (bicyclic) bond motifs is 1. The van der Waals surface area contributed by atoms with Gasteiger partial charge >= 0.3 is 0 Å². The van der Waals surface area contributed by atoms with Crippen molar-refractivity contribution < 1.29 is 0 Å². The molecule has 0 aliphatic heterocycles. The zero-order valence-electron chi connectivity index (χ0n) is 11.5. The van der Waals surface area contributed by atoms with Gasteiger partial charge in [-0.3, -0.25) is 5.10 Å². The standard InChI is InChI=1S/C16H18N4/c1-10-17-16(20-19-10)13-6-2-3-8-14(13)18-15-9-11-5-4-7-12(11)15/h2-4,6-8,11-12,15,18H,5,9H2,1H3,(H,17,19,20). The van der Waals surface area contributed by atoms with Crippen LogP contribution in [0, 0.1) is 18.8 Å². The predicted molar refractivity (Wildman–Crippen MR) is 79.3 cm³/mol. The molecule has 3 atom stereocenters. The molecule has 2 aromatic rings. The molecule has 3 unspecified atom stereocenters. The van der Waals surface area contributed by atoms with Crippen molar-refractivity contribution in [3.63, 3.8) is 0 Å². The Morgan fingerprint density at radius 2 is 2.20 bits per heavy atom. The summed E-state index contributed by atoms with van der Waals surface area (Å²) in [4.78, 5) is 4.44. The lowest BCUT2D eigenvalue weighted by atomic mass is 9.71. The molecule has 20 heavy (non-hydrogen) atoms. The molecule has 1 fully saturated rings. The minimum Gasteiger partial charge on any atom is -0.381 e. The molecule has 0 saturated heterocycles. The maximum absolute atomic E-state index is 4.44. The Bertz CT molecular complexity index is 658. The fraction of sp³-hybridized carbons (Fsp3) is 0.375. The van der Waals surface area contributed by atoms with Crippen LogP contribution >= 0.6 is 0 Å². The maximum Gasteiger partial charge on any atom is 0.183 e. The summed E-state index contributed by atoms with van der Waals surface area (Å²) in [6.45, 7) is 1.92. The number of hydrogen-bond acceptors (Lipinski definition) is 3. The van der Waals surface area contributed by atoms with E-state index >= 15 is 0 Å². The van der Waals surface area contributed by atoms with E-state index in [4.69, 9.17) is 0 Å². The van der Waals surface area contributed by atoms with Crippen molar-refractivity contribution in [2.24, 2.45) is 11.8 Å². The number of benzene rings is 1. The fourth-order valence-corrected chi connectivity index (χ4v) is 3.35. The first-order valence-electron chi connectivity index (χ1n) is 7.23. The minimum absolute atomic E-state index is 0.555. The zero-order valence-corrected chi connectivity index (χ0v) is 11.5. The number of aromatic amines is 1. The normalized spacial score (nSPS) is 27.1. The van der Waals surface area contributed by atoms with E-state index in [1.807, 2.05) is 13.0 Å². The molecule has 102 valence electrons. The third kappa shape index (κ3) is 1.83. The summed E-state index contributed by atoms with van der Waals surface area (Å²) < 4.78 is 0. The van der Waals surface area contributed by atoms with Crippen molar-refractivity contribution in [2.75, 3.05) is 5.32 Å². The molecule has 2 N–H and O–H groups in total. The van der Waals surface area contributed by atoms with Gasteiger partial charge in [-0.05, 0) is 37.8 Å². The van der Waals surface area contributed by atoms with Crippen molar-refractivity contribution >= 4 is 5.69 Å². The predicted octanol–water partition coefficient (Wildman–Crippen LogP) is 3.16. The van der Waals surface area contributed by atoms with Gasteiger partial charge in [0.2, 0.25) is 0 Å². The van der Waals surface area contributed by atoms with E-state index in [0.717, 1.165) is 28.8 Å². The van der Waals surface area contributed by atoms with Crippen molar-refractivity contribution in [1.82, 2.24) is 15.2 Å². The number of aromatic nitrogens is 3. The van der Waals surface area contributed by atoms with E-state index < -0.39 is 0 Å². The number of para-hydroxylation sites is 1. The topological polar surface area (TPSA) is 53.6 Å². The van der Waals surface area contributed by atoms with Gasteiger partial charge in [0.15, 0.2) is 5.82 Å². The second kappa shape index (κ2) is 4.47. The molecule has 0 bridgehead atoms. The highest BCUT2D eigenvalue weighted by Gasteiger charge is 2.41. The number of rotatable bonds is 3. The number of allylic oxidation sites excluding steroid dienone is 1. The lowest BCUT2D eigenvalue weighted by Gasteiger charge is -2.41. The summed E-state index contributed by atoms with van der Waals surface area (Å²) in [6.07, 6.45) is 7.20.